The monoisotopic (exact) mass is 454 g/mol. The van der Waals surface area contributed by atoms with E-state index in [0.717, 1.165) is 23.5 Å². The summed E-state index contributed by atoms with van der Waals surface area (Å²) in [6, 6.07) is 21.2. The van der Waals surface area contributed by atoms with Crippen LogP contribution in [0, 0.1) is 12.2 Å². The van der Waals surface area contributed by atoms with E-state index in [1.54, 1.807) is 6.07 Å². The number of para-hydroxylation sites is 1. The van der Waals surface area contributed by atoms with Gasteiger partial charge in [-0.05, 0) is 60.6 Å². The van der Waals surface area contributed by atoms with E-state index in [1.165, 1.54) is 0 Å². The number of alkyl halides is 1. The van der Waals surface area contributed by atoms with E-state index >= 15 is 0 Å². The third kappa shape index (κ3) is 5.31. The van der Waals surface area contributed by atoms with E-state index in [-0.39, 0.29) is 44.5 Å². The minimum absolute atomic E-state index is 0. The summed E-state index contributed by atoms with van der Waals surface area (Å²) in [5, 5.41) is 0. The van der Waals surface area contributed by atoms with Crippen molar-refractivity contribution in [2.24, 2.45) is 5.92 Å². The Kier molecular flexibility index (Phi) is 7.84. The molecular formula is C23H22FO3Y-. The van der Waals surface area contributed by atoms with Crippen LogP contribution in [0.1, 0.15) is 30.1 Å². The van der Waals surface area contributed by atoms with Crippen LogP contribution in [0.25, 0.3) is 0 Å². The number of furan rings is 1. The van der Waals surface area contributed by atoms with Crippen LogP contribution in [-0.4, -0.2) is 12.8 Å². The van der Waals surface area contributed by atoms with Gasteiger partial charge in [0.1, 0.15) is 17.7 Å². The van der Waals surface area contributed by atoms with Gasteiger partial charge in [-0.3, -0.25) is 0 Å². The van der Waals surface area contributed by atoms with Gasteiger partial charge in [0, 0.05) is 45.2 Å². The summed E-state index contributed by atoms with van der Waals surface area (Å²) in [5.74, 6) is 2.32. The van der Waals surface area contributed by atoms with Gasteiger partial charge in [-0.2, -0.15) is 6.07 Å². The third-order valence-corrected chi connectivity index (χ3v) is 5.10. The Morgan fingerprint density at radius 1 is 0.964 bits per heavy atom. The zero-order chi connectivity index (χ0) is 18.5. The molecule has 28 heavy (non-hydrogen) atoms. The first kappa shape index (κ1) is 21.2. The van der Waals surface area contributed by atoms with Gasteiger partial charge in [0.2, 0.25) is 0 Å². The Morgan fingerprint density at radius 3 is 2.43 bits per heavy atom. The number of hydrogen-bond donors (Lipinski definition) is 0. The summed E-state index contributed by atoms with van der Waals surface area (Å²) in [6.45, 7) is 0.734. The third-order valence-electron chi connectivity index (χ3n) is 5.10. The first-order valence-corrected chi connectivity index (χ1v) is 9.29. The number of ether oxygens (including phenoxy) is 2. The van der Waals surface area contributed by atoms with Crippen LogP contribution in [0.4, 0.5) is 4.39 Å². The molecule has 3 atom stereocenters. The van der Waals surface area contributed by atoms with Gasteiger partial charge in [0.05, 0.1) is 6.61 Å². The molecule has 3 unspecified atom stereocenters. The Hall–Kier alpha value is -1.49. The van der Waals surface area contributed by atoms with Gasteiger partial charge >= 0.3 is 0 Å². The van der Waals surface area contributed by atoms with Crippen molar-refractivity contribution in [3.05, 3.63) is 84.3 Å². The fraction of sp³-hybridized carbons (Fsp3) is 0.304. The fourth-order valence-corrected chi connectivity index (χ4v) is 3.70. The second-order valence-corrected chi connectivity index (χ2v) is 6.88. The predicted octanol–water partition coefficient (Wildman–Crippen LogP) is 5.92. The summed E-state index contributed by atoms with van der Waals surface area (Å²) >= 11 is 0. The molecule has 5 heteroatoms. The molecule has 0 saturated heterocycles. The Labute approximate surface area is 190 Å². The van der Waals surface area contributed by atoms with Gasteiger partial charge in [-0.1, -0.05) is 30.3 Å². The molecule has 2 aromatic carbocycles. The first-order chi connectivity index (χ1) is 13.3. The van der Waals surface area contributed by atoms with Crippen molar-refractivity contribution >= 4 is 0 Å². The quantitative estimate of drug-likeness (QED) is 0.416. The zero-order valence-corrected chi connectivity index (χ0v) is 18.4. The van der Waals surface area contributed by atoms with Gasteiger partial charge in [-0.15, -0.1) is 6.07 Å². The molecule has 1 aromatic heterocycles. The summed E-state index contributed by atoms with van der Waals surface area (Å²) in [4.78, 5) is 0. The van der Waals surface area contributed by atoms with Crippen molar-refractivity contribution < 1.29 is 51.0 Å². The smallest absolute Gasteiger partial charge is 0.127 e. The van der Waals surface area contributed by atoms with Crippen molar-refractivity contribution in [3.63, 3.8) is 0 Å². The second kappa shape index (κ2) is 10.3. The Balaban J connectivity index is 0.00000225. The number of halogens is 1. The molecule has 0 bridgehead atoms. The van der Waals surface area contributed by atoms with Crippen LogP contribution in [0.2, 0.25) is 0 Å². The molecular weight excluding hydrogens is 432 g/mol. The Bertz CT molecular complexity index is 821. The SMILES string of the molecule is FC1CCC(c2ccc(Oc3ccccc3)cc2)C1COCc1cc[c-]o1.[Y]. The van der Waals surface area contributed by atoms with Crippen LogP contribution in [-0.2, 0) is 44.1 Å². The standard InChI is InChI=1S/C23H22FO3.Y/c24-23-13-12-21(22(23)16-25-15-20-7-4-14-26-20)17-8-10-19(11-9-17)27-18-5-2-1-3-6-18;/h1-11,21-23H,12-13,15-16H2;/q-1;. The van der Waals surface area contributed by atoms with Gasteiger partial charge in [0.15, 0.2) is 0 Å². The second-order valence-electron chi connectivity index (χ2n) is 6.88. The molecule has 4 rings (SSSR count). The van der Waals surface area contributed by atoms with E-state index in [1.807, 2.05) is 60.7 Å². The van der Waals surface area contributed by atoms with Gasteiger partial charge in [-0.25, -0.2) is 4.39 Å². The fourth-order valence-electron chi connectivity index (χ4n) is 3.70. The van der Waals surface area contributed by atoms with E-state index in [2.05, 4.69) is 6.26 Å². The molecule has 0 N–H and O–H groups in total. The molecule has 0 amide bonds. The van der Waals surface area contributed by atoms with E-state index < -0.39 is 6.17 Å². The zero-order valence-electron chi connectivity index (χ0n) is 15.6. The molecule has 0 aliphatic heterocycles. The molecule has 1 aliphatic carbocycles. The van der Waals surface area contributed by atoms with Crippen LogP contribution in [0.15, 0.2) is 71.1 Å². The minimum atomic E-state index is -0.835. The van der Waals surface area contributed by atoms with Crippen LogP contribution >= 0.6 is 0 Å². The van der Waals surface area contributed by atoms with Crippen LogP contribution < -0.4 is 4.74 Å². The molecule has 1 aliphatic rings. The van der Waals surface area contributed by atoms with Crippen LogP contribution in [0.5, 0.6) is 11.5 Å². The van der Waals surface area contributed by atoms with Crippen molar-refractivity contribution in [1.29, 1.82) is 0 Å². The molecule has 143 valence electrons. The first-order valence-electron chi connectivity index (χ1n) is 9.29. The molecule has 3 aromatic rings. The summed E-state index contributed by atoms with van der Waals surface area (Å²) in [5.41, 5.74) is 1.13. The number of hydrogen-bond acceptors (Lipinski definition) is 3. The normalized spacial score (nSPS) is 21.2. The minimum Gasteiger partial charge on any atom is -0.593 e. The van der Waals surface area contributed by atoms with Crippen molar-refractivity contribution in [1.82, 2.24) is 0 Å². The average molecular weight is 454 g/mol. The number of benzene rings is 2. The van der Waals surface area contributed by atoms with Crippen molar-refractivity contribution in [2.45, 2.75) is 31.5 Å². The summed E-state index contributed by atoms with van der Waals surface area (Å²) in [6.07, 6.45) is 3.21. The maximum absolute atomic E-state index is 14.4. The average Bonchev–Trinajstić information content (AvgIpc) is 3.34. The van der Waals surface area contributed by atoms with E-state index in [9.17, 15) is 4.39 Å². The van der Waals surface area contributed by atoms with Crippen molar-refractivity contribution in [2.75, 3.05) is 6.61 Å². The molecule has 1 saturated carbocycles. The topological polar surface area (TPSA) is 31.6 Å². The molecule has 0 spiro atoms. The van der Waals surface area contributed by atoms with Gasteiger partial charge in [0.25, 0.3) is 0 Å². The van der Waals surface area contributed by atoms with Crippen LogP contribution in [0.3, 0.4) is 0 Å². The molecule has 3 nitrogen and oxygen atoms in total. The number of rotatable bonds is 7. The van der Waals surface area contributed by atoms with E-state index in [4.69, 9.17) is 13.9 Å². The predicted molar refractivity (Wildman–Crippen MR) is 101 cm³/mol. The maximum atomic E-state index is 14.4. The molecule has 1 fully saturated rings. The molecule has 1 radical (unpaired) electrons. The Morgan fingerprint density at radius 2 is 1.71 bits per heavy atom. The van der Waals surface area contributed by atoms with Gasteiger partial charge < -0.3 is 13.9 Å². The van der Waals surface area contributed by atoms with Crippen molar-refractivity contribution in [3.8, 4) is 11.5 Å². The summed E-state index contributed by atoms with van der Waals surface area (Å²) in [7, 11) is 0. The summed E-state index contributed by atoms with van der Waals surface area (Å²) < 4.78 is 31.1. The largest absolute Gasteiger partial charge is 0.593 e. The maximum Gasteiger partial charge on any atom is 0.127 e. The molecule has 1 heterocycles. The van der Waals surface area contributed by atoms with E-state index in [0.29, 0.717) is 25.4 Å².